The molecule has 0 unspecified atom stereocenters. The van der Waals surface area contributed by atoms with Crippen LogP contribution in [0.5, 0.6) is 0 Å². The van der Waals surface area contributed by atoms with Crippen molar-refractivity contribution in [2.24, 2.45) is 0 Å². The van der Waals surface area contributed by atoms with E-state index in [1.165, 1.54) is 13.0 Å². The quantitative estimate of drug-likeness (QED) is 0.839. The van der Waals surface area contributed by atoms with E-state index in [0.29, 0.717) is 0 Å². The minimum Gasteiger partial charge on any atom is -0.383 e. The minimum absolute atomic E-state index is 0.0302. The standard InChI is InChI=1S/C15H25N5O/c1-19-7-3-8-20(11-10-19)9-5-13-14-12(4-2-6-16-14)15(21)18-17-13/h16H,2-11H2,1H3,(H,18,21). The normalized spacial score (nSPS) is 20.6. The maximum atomic E-state index is 11.8. The van der Waals surface area contributed by atoms with Crippen molar-refractivity contribution in [3.05, 3.63) is 21.6 Å². The summed E-state index contributed by atoms with van der Waals surface area (Å²) in [5.74, 6) is 0. The molecule has 3 rings (SSSR count). The van der Waals surface area contributed by atoms with Gasteiger partial charge >= 0.3 is 0 Å². The number of nitrogens with one attached hydrogen (secondary N) is 2. The van der Waals surface area contributed by atoms with Crippen LogP contribution in [-0.2, 0) is 12.8 Å². The SMILES string of the molecule is CN1CCCN(CCc2n[nH]c(=O)c3c2NCCC3)CC1. The summed E-state index contributed by atoms with van der Waals surface area (Å²) < 4.78 is 0. The van der Waals surface area contributed by atoms with Gasteiger partial charge in [0.15, 0.2) is 0 Å². The van der Waals surface area contributed by atoms with Gasteiger partial charge in [0.25, 0.3) is 5.56 Å². The zero-order valence-electron chi connectivity index (χ0n) is 12.8. The van der Waals surface area contributed by atoms with Gasteiger partial charge in [-0.05, 0) is 39.4 Å². The summed E-state index contributed by atoms with van der Waals surface area (Å²) in [7, 11) is 2.19. The molecule has 1 saturated heterocycles. The molecule has 1 fully saturated rings. The first kappa shape index (κ1) is 14.5. The molecule has 0 saturated carbocycles. The van der Waals surface area contributed by atoms with Crippen LogP contribution in [0.4, 0.5) is 5.69 Å². The molecule has 0 spiro atoms. The molecule has 3 heterocycles. The zero-order chi connectivity index (χ0) is 14.7. The first-order valence-electron chi connectivity index (χ1n) is 7.99. The van der Waals surface area contributed by atoms with Crippen molar-refractivity contribution < 1.29 is 0 Å². The Morgan fingerprint density at radius 2 is 2.10 bits per heavy atom. The molecule has 2 N–H and O–H groups in total. The number of hydrogen-bond donors (Lipinski definition) is 2. The van der Waals surface area contributed by atoms with Gasteiger partial charge in [-0.15, -0.1) is 0 Å². The van der Waals surface area contributed by atoms with Crippen molar-refractivity contribution in [2.75, 3.05) is 51.6 Å². The van der Waals surface area contributed by atoms with Crippen molar-refractivity contribution in [1.29, 1.82) is 0 Å². The van der Waals surface area contributed by atoms with Crippen LogP contribution in [0.2, 0.25) is 0 Å². The van der Waals surface area contributed by atoms with Gasteiger partial charge in [-0.2, -0.15) is 5.10 Å². The lowest BCUT2D eigenvalue weighted by Gasteiger charge is -2.22. The number of rotatable bonds is 3. The van der Waals surface area contributed by atoms with Gasteiger partial charge in [-0.3, -0.25) is 4.79 Å². The molecule has 21 heavy (non-hydrogen) atoms. The highest BCUT2D eigenvalue weighted by Gasteiger charge is 2.18. The highest BCUT2D eigenvalue weighted by atomic mass is 16.1. The van der Waals surface area contributed by atoms with Crippen molar-refractivity contribution in [1.82, 2.24) is 20.0 Å². The highest BCUT2D eigenvalue weighted by Crippen LogP contribution is 2.21. The summed E-state index contributed by atoms with van der Waals surface area (Å²) in [6.45, 7) is 6.55. The highest BCUT2D eigenvalue weighted by molar-refractivity contribution is 5.55. The van der Waals surface area contributed by atoms with Gasteiger partial charge in [0.1, 0.15) is 0 Å². The van der Waals surface area contributed by atoms with Crippen LogP contribution in [0.3, 0.4) is 0 Å². The van der Waals surface area contributed by atoms with Crippen LogP contribution in [0, 0.1) is 0 Å². The van der Waals surface area contributed by atoms with Gasteiger partial charge in [0.2, 0.25) is 0 Å². The number of nitrogens with zero attached hydrogens (tertiary/aromatic N) is 3. The second-order valence-corrected chi connectivity index (χ2v) is 6.13. The summed E-state index contributed by atoms with van der Waals surface area (Å²) in [6.07, 6.45) is 4.02. The van der Waals surface area contributed by atoms with E-state index in [9.17, 15) is 4.79 Å². The van der Waals surface area contributed by atoms with E-state index in [1.54, 1.807) is 0 Å². The molecular formula is C15H25N5O. The number of anilines is 1. The Morgan fingerprint density at radius 1 is 1.19 bits per heavy atom. The monoisotopic (exact) mass is 291 g/mol. The molecule has 0 atom stereocenters. The first-order valence-corrected chi connectivity index (χ1v) is 7.99. The van der Waals surface area contributed by atoms with E-state index < -0.39 is 0 Å². The van der Waals surface area contributed by atoms with E-state index in [4.69, 9.17) is 0 Å². The Morgan fingerprint density at radius 3 is 3.00 bits per heavy atom. The Balaban J connectivity index is 1.66. The largest absolute Gasteiger partial charge is 0.383 e. The third kappa shape index (κ3) is 3.44. The fourth-order valence-electron chi connectivity index (χ4n) is 3.22. The number of likely N-dealkylation sites (N-methyl/N-ethyl adjacent to an activating group) is 1. The summed E-state index contributed by atoms with van der Waals surface area (Å²) in [6, 6.07) is 0. The second kappa shape index (κ2) is 6.58. The van der Waals surface area contributed by atoms with Crippen molar-refractivity contribution in [3.8, 4) is 0 Å². The molecule has 1 aromatic rings. The molecule has 116 valence electrons. The summed E-state index contributed by atoms with van der Waals surface area (Å²) in [5.41, 5.74) is 2.87. The first-order chi connectivity index (χ1) is 10.2. The molecule has 2 aliphatic rings. The summed E-state index contributed by atoms with van der Waals surface area (Å²) >= 11 is 0. The van der Waals surface area contributed by atoms with Crippen LogP contribution in [-0.4, -0.2) is 66.3 Å². The van der Waals surface area contributed by atoms with Gasteiger partial charge in [0, 0.05) is 38.2 Å². The lowest BCUT2D eigenvalue weighted by molar-refractivity contribution is 0.278. The molecule has 6 heteroatoms. The third-order valence-electron chi connectivity index (χ3n) is 4.54. The zero-order valence-corrected chi connectivity index (χ0v) is 12.8. The number of fused-ring (bicyclic) bond motifs is 1. The molecule has 0 radical (unpaired) electrons. The summed E-state index contributed by atoms with van der Waals surface area (Å²) in [5, 5.41) is 10.3. The Labute approximate surface area is 125 Å². The Hall–Kier alpha value is -1.40. The van der Waals surface area contributed by atoms with Crippen LogP contribution in [0.1, 0.15) is 24.1 Å². The molecule has 1 aromatic heterocycles. The number of aromatic amines is 1. The van der Waals surface area contributed by atoms with Gasteiger partial charge in [-0.1, -0.05) is 0 Å². The van der Waals surface area contributed by atoms with E-state index in [0.717, 1.165) is 68.9 Å². The fraction of sp³-hybridized carbons (Fsp3) is 0.733. The minimum atomic E-state index is -0.0302. The molecule has 2 aliphatic heterocycles. The van der Waals surface area contributed by atoms with Crippen LogP contribution < -0.4 is 10.9 Å². The molecular weight excluding hydrogens is 266 g/mol. The fourth-order valence-corrected chi connectivity index (χ4v) is 3.22. The second-order valence-electron chi connectivity index (χ2n) is 6.13. The molecule has 0 aliphatic carbocycles. The van der Waals surface area contributed by atoms with Crippen LogP contribution in [0.25, 0.3) is 0 Å². The van der Waals surface area contributed by atoms with E-state index in [-0.39, 0.29) is 5.56 Å². The average molecular weight is 291 g/mol. The third-order valence-corrected chi connectivity index (χ3v) is 4.54. The van der Waals surface area contributed by atoms with Gasteiger partial charge < -0.3 is 15.1 Å². The van der Waals surface area contributed by atoms with E-state index >= 15 is 0 Å². The molecule has 0 aromatic carbocycles. The van der Waals surface area contributed by atoms with Gasteiger partial charge in [-0.25, -0.2) is 5.10 Å². The predicted octanol–water partition coefficient (Wildman–Crippen LogP) is 0.308. The van der Waals surface area contributed by atoms with E-state index in [1.807, 2.05) is 0 Å². The van der Waals surface area contributed by atoms with Crippen molar-refractivity contribution in [3.63, 3.8) is 0 Å². The van der Waals surface area contributed by atoms with Gasteiger partial charge in [0.05, 0.1) is 11.4 Å². The average Bonchev–Trinajstić information content (AvgIpc) is 2.72. The maximum absolute atomic E-state index is 11.8. The molecule has 0 bridgehead atoms. The van der Waals surface area contributed by atoms with E-state index in [2.05, 4.69) is 32.4 Å². The van der Waals surface area contributed by atoms with Crippen molar-refractivity contribution >= 4 is 5.69 Å². The van der Waals surface area contributed by atoms with Crippen LogP contribution in [0.15, 0.2) is 4.79 Å². The Kier molecular flexibility index (Phi) is 4.55. The smallest absolute Gasteiger partial charge is 0.269 e. The Bertz CT molecular complexity index is 541. The predicted molar refractivity (Wildman–Crippen MR) is 83.9 cm³/mol. The van der Waals surface area contributed by atoms with Crippen LogP contribution >= 0.6 is 0 Å². The maximum Gasteiger partial charge on any atom is 0.269 e. The number of H-pyrrole nitrogens is 1. The molecule has 6 nitrogen and oxygen atoms in total. The number of aromatic nitrogens is 2. The number of hydrogen-bond acceptors (Lipinski definition) is 5. The lowest BCUT2D eigenvalue weighted by atomic mass is 10.0. The topological polar surface area (TPSA) is 64.3 Å². The van der Waals surface area contributed by atoms with Crippen molar-refractivity contribution in [2.45, 2.75) is 25.7 Å². The lowest BCUT2D eigenvalue weighted by Crippen LogP contribution is -2.32. The summed E-state index contributed by atoms with van der Waals surface area (Å²) in [4.78, 5) is 16.7. The molecule has 0 amide bonds.